The second-order valence-electron chi connectivity index (χ2n) is 8.86. The van der Waals surface area contributed by atoms with E-state index in [1.165, 1.54) is 40.9 Å². The van der Waals surface area contributed by atoms with Crippen LogP contribution >= 0.6 is 23.1 Å². The van der Waals surface area contributed by atoms with Crippen LogP contribution < -0.4 is 0 Å². The Morgan fingerprint density at radius 2 is 2.00 bits per heavy atom. The summed E-state index contributed by atoms with van der Waals surface area (Å²) in [6, 6.07) is 13.3. The minimum Gasteiger partial charge on any atom is -0.456 e. The smallest absolute Gasteiger partial charge is 0.355 e. The number of non-ortho nitro benzene ring substituents is 1. The second kappa shape index (κ2) is 9.64. The lowest BCUT2D eigenvalue weighted by Crippen LogP contribution is -2.63. The monoisotopic (exact) mass is 525 g/mol. The maximum Gasteiger partial charge on any atom is 0.355 e. The lowest BCUT2D eigenvalue weighted by molar-refractivity contribution is -0.384. The minimum absolute atomic E-state index is 0.0512. The van der Waals surface area contributed by atoms with Crippen molar-refractivity contribution < 1.29 is 24.4 Å². The van der Waals surface area contributed by atoms with Crippen LogP contribution in [0.15, 0.2) is 64.1 Å². The number of hydrogen-bond acceptors (Lipinski definition) is 9. The number of nitro groups is 1. The maximum absolute atomic E-state index is 13.2. The number of nitro benzene ring substituents is 1. The molecular weight excluding hydrogens is 502 g/mol. The van der Waals surface area contributed by atoms with Crippen molar-refractivity contribution >= 4 is 50.9 Å². The van der Waals surface area contributed by atoms with Gasteiger partial charge in [0.2, 0.25) is 5.91 Å². The second-order valence-corrected chi connectivity index (χ2v) is 11.1. The number of nitrogens with zero attached hydrogens (tertiary/aromatic N) is 3. The van der Waals surface area contributed by atoms with Crippen molar-refractivity contribution in [2.45, 2.75) is 36.9 Å². The van der Waals surface area contributed by atoms with Crippen molar-refractivity contribution in [1.29, 1.82) is 0 Å². The Morgan fingerprint density at radius 1 is 1.28 bits per heavy atom. The molecule has 1 amide bonds. The van der Waals surface area contributed by atoms with Crippen molar-refractivity contribution in [1.82, 2.24) is 9.88 Å². The van der Waals surface area contributed by atoms with E-state index in [1.54, 1.807) is 18.3 Å². The number of aliphatic hydroxyl groups excluding tert-OH is 1. The van der Waals surface area contributed by atoms with Crippen LogP contribution in [0.25, 0.3) is 10.2 Å². The van der Waals surface area contributed by atoms with Crippen molar-refractivity contribution in [3.05, 3.63) is 75.5 Å². The molecule has 0 saturated carbocycles. The standard InChI is InChI=1S/C25H23N3O6S2/c1-13-17(12-35-25-26-18-5-3-4-6-19(18)36-25)22(27-21(13)20(14(2)29)23(27)30)24(31)34-11-15-7-9-16(10-8-15)28(32)33/h3-10,13-14,20-21,29H,11-12H2,1-2H3/t13-,14+,20+,21+/m0/s1. The van der Waals surface area contributed by atoms with Gasteiger partial charge in [-0.3, -0.25) is 14.9 Å². The zero-order valence-electron chi connectivity index (χ0n) is 19.5. The van der Waals surface area contributed by atoms with E-state index in [1.807, 2.05) is 31.2 Å². The van der Waals surface area contributed by atoms with E-state index < -0.39 is 22.9 Å². The predicted molar refractivity (Wildman–Crippen MR) is 135 cm³/mol. The maximum atomic E-state index is 13.2. The number of amides is 1. The molecule has 5 rings (SSSR count). The summed E-state index contributed by atoms with van der Waals surface area (Å²) in [6.07, 6.45) is -0.824. The lowest BCUT2D eigenvalue weighted by Gasteiger charge is -2.46. The SMILES string of the molecule is C[C@@H](O)[C@H]1C(=O)N2C(C(=O)OCc3ccc([N+](=O)[O-])cc3)=C(CSc3nc4ccccc4s3)[C@H](C)[C@H]12. The molecule has 0 radical (unpaired) electrons. The number of ether oxygens (including phenoxy) is 1. The van der Waals surface area contributed by atoms with E-state index in [9.17, 15) is 24.8 Å². The molecule has 4 atom stereocenters. The van der Waals surface area contributed by atoms with Crippen LogP contribution in [0.3, 0.4) is 0 Å². The zero-order chi connectivity index (χ0) is 25.6. The van der Waals surface area contributed by atoms with E-state index in [4.69, 9.17) is 4.74 Å². The number of aliphatic hydroxyl groups is 1. The van der Waals surface area contributed by atoms with Gasteiger partial charge in [0, 0.05) is 23.8 Å². The number of fused-ring (bicyclic) bond motifs is 2. The molecular formula is C25H23N3O6S2. The molecule has 1 aromatic heterocycles. The molecule has 2 aliphatic rings. The van der Waals surface area contributed by atoms with Gasteiger partial charge in [-0.15, -0.1) is 11.3 Å². The van der Waals surface area contributed by atoms with Crippen molar-refractivity contribution in [3.8, 4) is 0 Å². The number of esters is 1. The molecule has 0 aliphatic carbocycles. The molecule has 11 heteroatoms. The van der Waals surface area contributed by atoms with Crippen molar-refractivity contribution in [2.75, 3.05) is 5.75 Å². The number of β-lactam (4-membered cyclic amide) rings is 1. The Kier molecular flexibility index (Phi) is 6.54. The first kappa shape index (κ1) is 24.4. The molecule has 36 heavy (non-hydrogen) atoms. The molecule has 2 aliphatic heterocycles. The van der Waals surface area contributed by atoms with Crippen LogP contribution in [0.4, 0.5) is 5.69 Å². The van der Waals surface area contributed by atoms with Gasteiger partial charge >= 0.3 is 5.97 Å². The fourth-order valence-corrected chi connectivity index (χ4v) is 7.03. The average molecular weight is 526 g/mol. The van der Waals surface area contributed by atoms with Gasteiger partial charge in [-0.25, -0.2) is 9.78 Å². The summed E-state index contributed by atoms with van der Waals surface area (Å²) in [5.41, 5.74) is 2.47. The summed E-state index contributed by atoms with van der Waals surface area (Å²) >= 11 is 3.08. The summed E-state index contributed by atoms with van der Waals surface area (Å²) < 4.78 is 7.48. The average Bonchev–Trinajstić information content (AvgIpc) is 3.37. The Labute approximate surface area is 214 Å². The van der Waals surface area contributed by atoms with Crippen LogP contribution in [0.5, 0.6) is 0 Å². The van der Waals surface area contributed by atoms with E-state index in [0.717, 1.165) is 20.1 Å². The molecule has 0 unspecified atom stereocenters. The fourth-order valence-electron chi connectivity index (χ4n) is 4.81. The van der Waals surface area contributed by atoms with Gasteiger partial charge in [0.05, 0.1) is 33.2 Å². The van der Waals surface area contributed by atoms with Crippen LogP contribution in [0.1, 0.15) is 19.4 Å². The van der Waals surface area contributed by atoms with Gasteiger partial charge in [0.25, 0.3) is 5.69 Å². The van der Waals surface area contributed by atoms with Gasteiger partial charge in [-0.2, -0.15) is 0 Å². The number of rotatable bonds is 8. The van der Waals surface area contributed by atoms with E-state index in [0.29, 0.717) is 11.3 Å². The van der Waals surface area contributed by atoms with Crippen molar-refractivity contribution in [2.24, 2.45) is 11.8 Å². The number of thiazole rings is 1. The number of benzene rings is 2. The van der Waals surface area contributed by atoms with Gasteiger partial charge < -0.3 is 14.7 Å². The number of para-hydroxylation sites is 1. The summed E-state index contributed by atoms with van der Waals surface area (Å²) in [6.45, 7) is 3.47. The summed E-state index contributed by atoms with van der Waals surface area (Å²) in [5, 5.41) is 21.0. The first-order valence-corrected chi connectivity index (χ1v) is 13.2. The van der Waals surface area contributed by atoms with E-state index in [2.05, 4.69) is 4.98 Å². The Bertz CT molecular complexity index is 1350. The highest BCUT2D eigenvalue weighted by Gasteiger charge is 2.59. The highest BCUT2D eigenvalue weighted by Crippen LogP contribution is 2.48. The first-order valence-electron chi connectivity index (χ1n) is 11.4. The summed E-state index contributed by atoms with van der Waals surface area (Å²) in [4.78, 5) is 42.6. The third kappa shape index (κ3) is 4.27. The highest BCUT2D eigenvalue weighted by atomic mass is 32.2. The largest absolute Gasteiger partial charge is 0.456 e. The number of aromatic nitrogens is 1. The van der Waals surface area contributed by atoms with Crippen LogP contribution in [-0.2, 0) is 20.9 Å². The number of hydrogen-bond donors (Lipinski definition) is 1. The Balaban J connectivity index is 1.38. The predicted octanol–water partition coefficient (Wildman–Crippen LogP) is 4.15. The molecule has 0 bridgehead atoms. The fraction of sp³-hybridized carbons (Fsp3) is 0.320. The van der Waals surface area contributed by atoms with Crippen LogP contribution in [-0.4, -0.2) is 49.7 Å². The molecule has 1 fully saturated rings. The first-order chi connectivity index (χ1) is 17.3. The zero-order valence-corrected chi connectivity index (χ0v) is 21.1. The topological polar surface area (TPSA) is 123 Å². The normalized spacial score (nSPS) is 21.9. The number of carbonyl (C=O) groups excluding carboxylic acids is 2. The number of carbonyl (C=O) groups is 2. The van der Waals surface area contributed by atoms with Gasteiger partial charge in [0.15, 0.2) is 4.34 Å². The molecule has 0 spiro atoms. The van der Waals surface area contributed by atoms with Crippen molar-refractivity contribution in [3.63, 3.8) is 0 Å². The molecule has 2 aromatic carbocycles. The third-order valence-electron chi connectivity index (χ3n) is 6.65. The molecule has 9 nitrogen and oxygen atoms in total. The van der Waals surface area contributed by atoms with E-state index in [-0.39, 0.29) is 35.9 Å². The molecule has 1 saturated heterocycles. The van der Waals surface area contributed by atoms with E-state index >= 15 is 0 Å². The lowest BCUT2D eigenvalue weighted by atomic mass is 9.78. The molecule has 3 aromatic rings. The van der Waals surface area contributed by atoms with Crippen LogP contribution in [0.2, 0.25) is 0 Å². The Morgan fingerprint density at radius 3 is 2.67 bits per heavy atom. The molecule has 3 heterocycles. The minimum atomic E-state index is -0.824. The van der Waals surface area contributed by atoms with Crippen LogP contribution in [0, 0.1) is 22.0 Å². The summed E-state index contributed by atoms with van der Waals surface area (Å²) in [7, 11) is 0. The number of thioether (sulfide) groups is 1. The molecule has 186 valence electrons. The highest BCUT2D eigenvalue weighted by molar-refractivity contribution is 8.01. The van der Waals surface area contributed by atoms with Gasteiger partial charge in [-0.05, 0) is 42.3 Å². The molecule has 1 N–H and O–H groups in total. The summed E-state index contributed by atoms with van der Waals surface area (Å²) in [5.74, 6) is -1.16. The quantitative estimate of drug-likeness (QED) is 0.153. The van der Waals surface area contributed by atoms with Gasteiger partial charge in [-0.1, -0.05) is 30.8 Å². The third-order valence-corrected chi connectivity index (χ3v) is 8.88. The Hall–Kier alpha value is -3.28. The van der Waals surface area contributed by atoms with Gasteiger partial charge in [0.1, 0.15) is 12.3 Å².